The van der Waals surface area contributed by atoms with E-state index in [0.717, 1.165) is 45.1 Å². The molecule has 110 valence electrons. The summed E-state index contributed by atoms with van der Waals surface area (Å²) in [6.07, 6.45) is 0. The molecule has 0 amide bonds. The van der Waals surface area contributed by atoms with E-state index in [1.54, 1.807) is 6.07 Å². The molecule has 0 aromatic heterocycles. The number of hydrogen-bond acceptors (Lipinski definition) is 2. The second kappa shape index (κ2) is 8.00. The fourth-order valence-electron chi connectivity index (χ4n) is 2.03. The smallest absolute Gasteiger partial charge is 0.171 e. The Morgan fingerprint density at radius 1 is 1.30 bits per heavy atom. The summed E-state index contributed by atoms with van der Waals surface area (Å²) in [5.74, 6) is 0. The van der Waals surface area contributed by atoms with Gasteiger partial charge in [0.05, 0.1) is 42.0 Å². The molecule has 0 radical (unpaired) electrons. The van der Waals surface area contributed by atoms with Gasteiger partial charge in [-0.05, 0) is 24.4 Å². The van der Waals surface area contributed by atoms with E-state index in [9.17, 15) is 0 Å². The van der Waals surface area contributed by atoms with E-state index < -0.39 is 0 Å². The van der Waals surface area contributed by atoms with Gasteiger partial charge >= 0.3 is 0 Å². The number of quaternary nitrogens is 1. The molecule has 1 aliphatic rings. The minimum absolute atomic E-state index is 0.483. The van der Waals surface area contributed by atoms with Crippen LogP contribution in [-0.4, -0.2) is 44.5 Å². The summed E-state index contributed by atoms with van der Waals surface area (Å²) in [6.45, 7) is 5.64. The van der Waals surface area contributed by atoms with Gasteiger partial charge < -0.3 is 20.3 Å². The first kappa shape index (κ1) is 15.8. The van der Waals surface area contributed by atoms with Gasteiger partial charge in [-0.25, -0.2) is 0 Å². The molecule has 7 heteroatoms. The van der Waals surface area contributed by atoms with Crippen molar-refractivity contribution in [1.82, 2.24) is 5.32 Å². The molecule has 0 atom stereocenters. The molecule has 1 aromatic rings. The summed E-state index contributed by atoms with van der Waals surface area (Å²) in [5, 5.41) is 7.79. The molecule has 0 bridgehead atoms. The van der Waals surface area contributed by atoms with Gasteiger partial charge in [0.15, 0.2) is 5.11 Å². The third-order valence-electron chi connectivity index (χ3n) is 3.16. The molecule has 0 aliphatic carbocycles. The van der Waals surface area contributed by atoms with Crippen LogP contribution in [0.5, 0.6) is 0 Å². The molecule has 1 aliphatic heterocycles. The zero-order valence-corrected chi connectivity index (χ0v) is 13.4. The maximum Gasteiger partial charge on any atom is 0.171 e. The van der Waals surface area contributed by atoms with E-state index in [0.29, 0.717) is 15.2 Å². The van der Waals surface area contributed by atoms with Gasteiger partial charge in [-0.2, -0.15) is 0 Å². The van der Waals surface area contributed by atoms with E-state index in [1.807, 2.05) is 12.1 Å². The zero-order chi connectivity index (χ0) is 14.4. The number of anilines is 1. The monoisotopic (exact) mass is 334 g/mol. The lowest BCUT2D eigenvalue weighted by Gasteiger charge is -2.24. The van der Waals surface area contributed by atoms with Crippen LogP contribution in [0.25, 0.3) is 0 Å². The highest BCUT2D eigenvalue weighted by Crippen LogP contribution is 2.29. The van der Waals surface area contributed by atoms with Crippen LogP contribution in [-0.2, 0) is 4.74 Å². The molecular weight excluding hydrogens is 317 g/mol. The first-order chi connectivity index (χ1) is 9.66. The van der Waals surface area contributed by atoms with Crippen LogP contribution < -0.4 is 15.5 Å². The topological polar surface area (TPSA) is 37.7 Å². The largest absolute Gasteiger partial charge is 0.370 e. The third-order valence-corrected chi connectivity index (χ3v) is 4.23. The Balaban J connectivity index is 1.73. The number of hydrogen-bond donors (Lipinski definition) is 3. The van der Waals surface area contributed by atoms with Crippen LogP contribution in [0.1, 0.15) is 0 Å². The molecule has 0 saturated carbocycles. The molecule has 2 rings (SSSR count). The number of halogens is 2. The predicted octanol–water partition coefficient (Wildman–Crippen LogP) is 1.19. The second-order valence-corrected chi connectivity index (χ2v) is 5.79. The Labute approximate surface area is 134 Å². The molecule has 1 aromatic carbocycles. The highest BCUT2D eigenvalue weighted by molar-refractivity contribution is 7.80. The zero-order valence-electron chi connectivity index (χ0n) is 11.0. The van der Waals surface area contributed by atoms with Crippen molar-refractivity contribution in [2.75, 3.05) is 44.7 Å². The quantitative estimate of drug-likeness (QED) is 0.723. The van der Waals surface area contributed by atoms with Crippen molar-refractivity contribution in [2.24, 2.45) is 0 Å². The lowest BCUT2D eigenvalue weighted by atomic mass is 10.3. The fraction of sp³-hybridized carbons (Fsp3) is 0.462. The first-order valence-electron chi connectivity index (χ1n) is 6.57. The summed E-state index contributed by atoms with van der Waals surface area (Å²) in [7, 11) is 0. The lowest BCUT2D eigenvalue weighted by Crippen LogP contribution is -3.14. The number of benzene rings is 1. The molecule has 20 heavy (non-hydrogen) atoms. The molecule has 4 nitrogen and oxygen atoms in total. The van der Waals surface area contributed by atoms with Crippen LogP contribution >= 0.6 is 35.4 Å². The first-order valence-corrected chi connectivity index (χ1v) is 7.73. The molecule has 3 N–H and O–H groups in total. The van der Waals surface area contributed by atoms with Crippen molar-refractivity contribution < 1.29 is 9.64 Å². The standard InChI is InChI=1S/C13H17Cl2N3OS/c14-10-2-1-3-11(12(10)15)17-13(20)16-4-5-18-6-8-19-9-7-18/h1-3H,4-9H2,(H2,16,17,20)/p+1. The number of nitrogens with one attached hydrogen (secondary N) is 3. The van der Waals surface area contributed by atoms with Gasteiger partial charge in [-0.3, -0.25) is 0 Å². The van der Waals surface area contributed by atoms with E-state index in [2.05, 4.69) is 10.6 Å². The average molecular weight is 335 g/mol. The minimum Gasteiger partial charge on any atom is -0.370 e. The lowest BCUT2D eigenvalue weighted by molar-refractivity contribution is -0.906. The van der Waals surface area contributed by atoms with Crippen molar-refractivity contribution in [3.05, 3.63) is 28.2 Å². The van der Waals surface area contributed by atoms with Crippen molar-refractivity contribution in [3.63, 3.8) is 0 Å². The van der Waals surface area contributed by atoms with Crippen LogP contribution in [0.2, 0.25) is 10.0 Å². The molecule has 0 spiro atoms. The highest BCUT2D eigenvalue weighted by Gasteiger charge is 2.13. The van der Waals surface area contributed by atoms with Gasteiger partial charge in [0.25, 0.3) is 0 Å². The van der Waals surface area contributed by atoms with E-state index in [-0.39, 0.29) is 0 Å². The van der Waals surface area contributed by atoms with Gasteiger partial charge in [-0.15, -0.1) is 0 Å². The van der Waals surface area contributed by atoms with Crippen molar-refractivity contribution >= 4 is 46.2 Å². The van der Waals surface area contributed by atoms with Crippen molar-refractivity contribution in [2.45, 2.75) is 0 Å². The maximum atomic E-state index is 6.09. The molecule has 1 fully saturated rings. The second-order valence-electron chi connectivity index (χ2n) is 4.59. The Morgan fingerprint density at radius 3 is 2.80 bits per heavy atom. The molecule has 1 heterocycles. The predicted molar refractivity (Wildman–Crippen MR) is 87.1 cm³/mol. The van der Waals surface area contributed by atoms with E-state index >= 15 is 0 Å². The summed E-state index contributed by atoms with van der Waals surface area (Å²) in [5.41, 5.74) is 0.718. The third kappa shape index (κ3) is 4.75. The van der Waals surface area contributed by atoms with Gasteiger partial charge in [0, 0.05) is 0 Å². The van der Waals surface area contributed by atoms with Gasteiger partial charge in [0.2, 0.25) is 0 Å². The van der Waals surface area contributed by atoms with Crippen LogP contribution in [0, 0.1) is 0 Å². The van der Waals surface area contributed by atoms with Gasteiger partial charge in [-0.1, -0.05) is 29.3 Å². The molecule has 1 saturated heterocycles. The Morgan fingerprint density at radius 2 is 2.05 bits per heavy atom. The Kier molecular flexibility index (Phi) is 6.32. The number of thiocarbonyl (C=S) groups is 1. The Bertz CT molecular complexity index is 467. The summed E-state index contributed by atoms with van der Waals surface area (Å²) >= 11 is 17.3. The van der Waals surface area contributed by atoms with E-state index in [1.165, 1.54) is 4.90 Å². The Hall–Kier alpha value is -0.590. The van der Waals surface area contributed by atoms with Crippen LogP contribution in [0.3, 0.4) is 0 Å². The maximum absolute atomic E-state index is 6.09. The van der Waals surface area contributed by atoms with Crippen molar-refractivity contribution in [1.29, 1.82) is 0 Å². The normalized spacial score (nSPS) is 15.9. The SMILES string of the molecule is S=C(NCC[NH+]1CCOCC1)Nc1cccc(Cl)c1Cl. The fourth-order valence-corrected chi connectivity index (χ4v) is 2.59. The van der Waals surface area contributed by atoms with Crippen molar-refractivity contribution in [3.8, 4) is 0 Å². The van der Waals surface area contributed by atoms with Crippen LogP contribution in [0.15, 0.2) is 18.2 Å². The van der Waals surface area contributed by atoms with Gasteiger partial charge in [0.1, 0.15) is 13.1 Å². The van der Waals surface area contributed by atoms with Crippen LogP contribution in [0.4, 0.5) is 5.69 Å². The molecular formula is C13H18Cl2N3OS+. The number of rotatable bonds is 4. The number of ether oxygens (including phenoxy) is 1. The molecule has 0 unspecified atom stereocenters. The minimum atomic E-state index is 0.483. The average Bonchev–Trinajstić information content (AvgIpc) is 2.45. The number of morpholine rings is 1. The summed E-state index contributed by atoms with van der Waals surface area (Å²) < 4.78 is 5.32. The highest BCUT2D eigenvalue weighted by atomic mass is 35.5. The summed E-state index contributed by atoms with van der Waals surface area (Å²) in [6, 6.07) is 5.42. The summed E-state index contributed by atoms with van der Waals surface area (Å²) in [4.78, 5) is 1.53. The van der Waals surface area contributed by atoms with E-state index in [4.69, 9.17) is 40.2 Å².